The smallest absolute Gasteiger partial charge is 0.356 e. The second kappa shape index (κ2) is 6.53. The second-order valence-corrected chi connectivity index (χ2v) is 4.19. The number of ether oxygens (including phenoxy) is 2. The molecule has 0 aliphatic carbocycles. The average Bonchev–Trinajstić information content (AvgIpc) is 2.55. The molecular formula is C14H13N3O5. The number of nitro benzene ring substituents is 1. The van der Waals surface area contributed by atoms with Gasteiger partial charge in [-0.3, -0.25) is 10.1 Å². The third-order valence-corrected chi connectivity index (χ3v) is 2.84. The van der Waals surface area contributed by atoms with Gasteiger partial charge in [0.1, 0.15) is 17.1 Å². The molecule has 0 saturated heterocycles. The third kappa shape index (κ3) is 3.29. The van der Waals surface area contributed by atoms with E-state index in [0.717, 1.165) is 0 Å². The Labute approximate surface area is 125 Å². The number of benzene rings is 1. The minimum absolute atomic E-state index is 0.128. The first kappa shape index (κ1) is 15.2. The van der Waals surface area contributed by atoms with Crippen LogP contribution in [0.4, 0.5) is 17.1 Å². The molecule has 0 spiro atoms. The highest BCUT2D eigenvalue weighted by molar-refractivity contribution is 5.87. The Kier molecular flexibility index (Phi) is 4.52. The Balaban J connectivity index is 2.27. The second-order valence-electron chi connectivity index (χ2n) is 4.19. The van der Waals surface area contributed by atoms with Crippen LogP contribution >= 0.6 is 0 Å². The average molecular weight is 303 g/mol. The lowest BCUT2D eigenvalue weighted by Gasteiger charge is -2.08. The van der Waals surface area contributed by atoms with Crippen LogP contribution in [0.2, 0.25) is 0 Å². The molecule has 2 aromatic rings. The van der Waals surface area contributed by atoms with E-state index in [1.54, 1.807) is 12.1 Å². The molecule has 0 fully saturated rings. The molecule has 1 aromatic heterocycles. The van der Waals surface area contributed by atoms with Gasteiger partial charge in [0.2, 0.25) is 0 Å². The van der Waals surface area contributed by atoms with E-state index in [1.807, 2.05) is 0 Å². The zero-order valence-corrected chi connectivity index (χ0v) is 11.9. The van der Waals surface area contributed by atoms with Crippen molar-refractivity contribution in [1.29, 1.82) is 0 Å². The Bertz CT molecular complexity index is 700. The Morgan fingerprint density at radius 3 is 2.59 bits per heavy atom. The van der Waals surface area contributed by atoms with Crippen molar-refractivity contribution in [3.63, 3.8) is 0 Å². The van der Waals surface area contributed by atoms with E-state index in [4.69, 9.17) is 4.74 Å². The largest absolute Gasteiger partial charge is 0.496 e. The molecule has 0 atom stereocenters. The fraction of sp³-hybridized carbons (Fsp3) is 0.143. The van der Waals surface area contributed by atoms with Gasteiger partial charge in [0.25, 0.3) is 5.69 Å². The number of hydrogen-bond donors (Lipinski definition) is 1. The number of anilines is 2. The Hall–Kier alpha value is -3.16. The van der Waals surface area contributed by atoms with Gasteiger partial charge in [-0.2, -0.15) is 0 Å². The summed E-state index contributed by atoms with van der Waals surface area (Å²) in [4.78, 5) is 25.8. The van der Waals surface area contributed by atoms with Crippen molar-refractivity contribution >= 4 is 23.0 Å². The standard InChI is InChI=1S/C14H13N3O5/c1-21-10-4-6-11(13(7-10)17(19)20)16-9-3-5-12(15-8-9)14(18)22-2/h3-8,16H,1-2H3. The predicted molar refractivity (Wildman–Crippen MR) is 78.5 cm³/mol. The highest BCUT2D eigenvalue weighted by Gasteiger charge is 2.15. The van der Waals surface area contributed by atoms with Crippen LogP contribution in [0.15, 0.2) is 36.5 Å². The minimum Gasteiger partial charge on any atom is -0.496 e. The molecule has 22 heavy (non-hydrogen) atoms. The molecular weight excluding hydrogens is 290 g/mol. The van der Waals surface area contributed by atoms with Gasteiger partial charge in [0, 0.05) is 0 Å². The highest BCUT2D eigenvalue weighted by atomic mass is 16.6. The molecule has 1 aromatic carbocycles. The van der Waals surface area contributed by atoms with Crippen molar-refractivity contribution in [1.82, 2.24) is 4.98 Å². The lowest BCUT2D eigenvalue weighted by Crippen LogP contribution is -2.04. The first-order valence-electron chi connectivity index (χ1n) is 6.19. The van der Waals surface area contributed by atoms with Crippen molar-refractivity contribution in [2.45, 2.75) is 0 Å². The molecule has 8 heteroatoms. The van der Waals surface area contributed by atoms with Crippen LogP contribution in [0.3, 0.4) is 0 Å². The fourth-order valence-corrected chi connectivity index (χ4v) is 1.74. The van der Waals surface area contributed by atoms with Gasteiger partial charge in [-0.25, -0.2) is 9.78 Å². The summed E-state index contributed by atoms with van der Waals surface area (Å²) in [6.45, 7) is 0. The van der Waals surface area contributed by atoms with E-state index in [1.165, 1.54) is 38.6 Å². The van der Waals surface area contributed by atoms with E-state index in [0.29, 0.717) is 17.1 Å². The van der Waals surface area contributed by atoms with Crippen LogP contribution in [-0.4, -0.2) is 30.1 Å². The minimum atomic E-state index is -0.554. The summed E-state index contributed by atoms with van der Waals surface area (Å²) in [6.07, 6.45) is 1.39. The molecule has 0 bridgehead atoms. The van der Waals surface area contributed by atoms with Crippen molar-refractivity contribution < 1.29 is 19.2 Å². The van der Waals surface area contributed by atoms with Gasteiger partial charge >= 0.3 is 5.97 Å². The molecule has 0 unspecified atom stereocenters. The van der Waals surface area contributed by atoms with Gasteiger partial charge in [-0.1, -0.05) is 0 Å². The number of pyridine rings is 1. The normalized spacial score (nSPS) is 9.91. The van der Waals surface area contributed by atoms with E-state index >= 15 is 0 Å². The van der Waals surface area contributed by atoms with E-state index < -0.39 is 10.9 Å². The van der Waals surface area contributed by atoms with Crippen LogP contribution in [-0.2, 0) is 4.74 Å². The van der Waals surface area contributed by atoms with Crippen LogP contribution in [0.5, 0.6) is 5.75 Å². The topological polar surface area (TPSA) is 104 Å². The molecule has 8 nitrogen and oxygen atoms in total. The molecule has 2 rings (SSSR count). The van der Waals surface area contributed by atoms with Gasteiger partial charge in [-0.15, -0.1) is 0 Å². The molecule has 0 amide bonds. The maximum atomic E-state index is 11.3. The number of carbonyl (C=O) groups is 1. The zero-order valence-electron chi connectivity index (χ0n) is 11.9. The summed E-state index contributed by atoms with van der Waals surface area (Å²) in [6, 6.07) is 7.49. The van der Waals surface area contributed by atoms with Crippen molar-refractivity contribution in [3.8, 4) is 5.75 Å². The Morgan fingerprint density at radius 2 is 2.05 bits per heavy atom. The van der Waals surface area contributed by atoms with Crippen molar-refractivity contribution in [2.75, 3.05) is 19.5 Å². The maximum absolute atomic E-state index is 11.3. The SMILES string of the molecule is COC(=O)c1ccc(Nc2ccc(OC)cc2[N+](=O)[O-])cn1. The summed E-state index contributed by atoms with van der Waals surface area (Å²) < 4.78 is 9.51. The number of methoxy groups -OCH3 is 2. The molecule has 0 aliphatic heterocycles. The lowest BCUT2D eigenvalue weighted by molar-refractivity contribution is -0.384. The van der Waals surface area contributed by atoms with Gasteiger partial charge < -0.3 is 14.8 Å². The zero-order chi connectivity index (χ0) is 16.1. The number of nitro groups is 1. The van der Waals surface area contributed by atoms with E-state index in [2.05, 4.69) is 15.0 Å². The number of hydrogen-bond acceptors (Lipinski definition) is 7. The summed E-state index contributed by atoms with van der Waals surface area (Å²) in [7, 11) is 2.69. The lowest BCUT2D eigenvalue weighted by atomic mass is 10.2. The summed E-state index contributed by atoms with van der Waals surface area (Å²) in [5, 5.41) is 14.0. The van der Waals surface area contributed by atoms with Crippen molar-refractivity contribution in [3.05, 3.63) is 52.3 Å². The quantitative estimate of drug-likeness (QED) is 0.514. The maximum Gasteiger partial charge on any atom is 0.356 e. The van der Waals surface area contributed by atoms with Gasteiger partial charge in [0.05, 0.1) is 37.1 Å². The van der Waals surface area contributed by atoms with Crippen LogP contribution in [0.25, 0.3) is 0 Å². The first-order chi connectivity index (χ1) is 10.5. The monoisotopic (exact) mass is 303 g/mol. The number of esters is 1. The molecule has 1 N–H and O–H groups in total. The predicted octanol–water partition coefficient (Wildman–Crippen LogP) is 2.53. The van der Waals surface area contributed by atoms with Crippen LogP contribution in [0.1, 0.15) is 10.5 Å². The molecule has 0 radical (unpaired) electrons. The molecule has 114 valence electrons. The van der Waals surface area contributed by atoms with Gasteiger partial charge in [0.15, 0.2) is 0 Å². The molecule has 0 aliphatic rings. The number of carbonyl (C=O) groups excluding carboxylic acids is 1. The number of aromatic nitrogens is 1. The third-order valence-electron chi connectivity index (χ3n) is 2.84. The first-order valence-corrected chi connectivity index (χ1v) is 6.19. The van der Waals surface area contributed by atoms with Crippen LogP contribution in [0, 0.1) is 10.1 Å². The van der Waals surface area contributed by atoms with Crippen LogP contribution < -0.4 is 10.1 Å². The van der Waals surface area contributed by atoms with Gasteiger partial charge in [-0.05, 0) is 24.3 Å². The summed E-state index contributed by atoms with van der Waals surface area (Å²) >= 11 is 0. The van der Waals surface area contributed by atoms with E-state index in [9.17, 15) is 14.9 Å². The van der Waals surface area contributed by atoms with Crippen molar-refractivity contribution in [2.24, 2.45) is 0 Å². The number of rotatable bonds is 5. The fourth-order valence-electron chi connectivity index (χ4n) is 1.74. The summed E-state index contributed by atoms with van der Waals surface area (Å²) in [5.74, 6) is -0.168. The number of nitrogens with one attached hydrogen (secondary N) is 1. The summed E-state index contributed by atoms with van der Waals surface area (Å²) in [5.41, 5.74) is 0.813. The highest BCUT2D eigenvalue weighted by Crippen LogP contribution is 2.31. The van der Waals surface area contributed by atoms with E-state index in [-0.39, 0.29) is 11.4 Å². The Morgan fingerprint density at radius 1 is 1.27 bits per heavy atom. The molecule has 1 heterocycles. The molecule has 0 saturated carbocycles. The number of nitrogens with zero attached hydrogens (tertiary/aromatic N) is 2.